The molecule has 0 saturated carbocycles. The molecule has 0 saturated heterocycles. The van der Waals surface area contributed by atoms with Crippen molar-refractivity contribution in [1.29, 1.82) is 0 Å². The van der Waals surface area contributed by atoms with Crippen molar-refractivity contribution >= 4 is 57.1 Å². The van der Waals surface area contributed by atoms with Crippen LogP contribution in [-0.4, -0.2) is 15.0 Å². The van der Waals surface area contributed by atoms with Crippen LogP contribution in [0.15, 0.2) is 84.9 Å². The van der Waals surface area contributed by atoms with Crippen LogP contribution in [0.5, 0.6) is 0 Å². The second-order valence-corrected chi connectivity index (χ2v) is 9.84. The predicted molar refractivity (Wildman–Crippen MR) is 117 cm³/mol. The average Bonchev–Trinajstić information content (AvgIpc) is 3.03. The minimum absolute atomic E-state index is 0.381. The van der Waals surface area contributed by atoms with Crippen molar-refractivity contribution in [2.45, 2.75) is 0 Å². The zero-order valence-electron chi connectivity index (χ0n) is 14.9. The van der Waals surface area contributed by atoms with Gasteiger partial charge in [0.15, 0.2) is 0 Å². The van der Waals surface area contributed by atoms with E-state index in [1.54, 1.807) is 0 Å². The summed E-state index contributed by atoms with van der Waals surface area (Å²) in [7, 11) is 2.14. The molecule has 1 aliphatic heterocycles. The van der Waals surface area contributed by atoms with E-state index in [-0.39, 0.29) is 0 Å². The van der Waals surface area contributed by atoms with Gasteiger partial charge in [-0.15, -0.1) is 0 Å². The standard InChI is InChI=1S/C24H18NSSe/c1-25-20-12-4-5-13-21(20)26-24(25)16-8-11-17-18-9-2-6-14-22(18)27-23-15-7-3-10-19(17)23/h2-16H,1H3/q+1/b16-8+. The first kappa shape index (κ1) is 16.7. The molecular formula is C24H18NSSe+. The molecule has 0 bridgehead atoms. The van der Waals surface area contributed by atoms with Crippen molar-refractivity contribution in [3.63, 3.8) is 0 Å². The van der Waals surface area contributed by atoms with Gasteiger partial charge in [-0.05, 0) is 0 Å². The normalized spacial score (nSPS) is 13.0. The SMILES string of the molecule is C[n+]1c(/C=C/C=C2c3ccccc3[Se]c3ccccc32)sc2ccccc21. The predicted octanol–water partition coefficient (Wildman–Crippen LogP) is 3.84. The molecular weight excluding hydrogens is 413 g/mol. The average molecular weight is 431 g/mol. The van der Waals surface area contributed by atoms with Gasteiger partial charge in [0.05, 0.1) is 0 Å². The fourth-order valence-corrected chi connectivity index (χ4v) is 6.88. The van der Waals surface area contributed by atoms with E-state index in [4.69, 9.17) is 0 Å². The molecule has 5 rings (SSSR count). The Morgan fingerprint density at radius 1 is 0.815 bits per heavy atom. The Kier molecular flexibility index (Phi) is 4.29. The second-order valence-electron chi connectivity index (χ2n) is 6.50. The maximum absolute atomic E-state index is 2.28. The Labute approximate surface area is 169 Å². The van der Waals surface area contributed by atoms with Gasteiger partial charge in [0.2, 0.25) is 0 Å². The van der Waals surface area contributed by atoms with E-state index in [9.17, 15) is 0 Å². The quantitative estimate of drug-likeness (QED) is 0.295. The van der Waals surface area contributed by atoms with Gasteiger partial charge in [-0.1, -0.05) is 0 Å². The monoisotopic (exact) mass is 432 g/mol. The summed E-state index contributed by atoms with van der Waals surface area (Å²) in [6.07, 6.45) is 6.70. The number of hydrogen-bond donors (Lipinski definition) is 0. The first-order chi connectivity index (χ1) is 13.3. The van der Waals surface area contributed by atoms with Crippen LogP contribution in [0.3, 0.4) is 0 Å². The molecule has 27 heavy (non-hydrogen) atoms. The molecule has 3 aromatic carbocycles. The van der Waals surface area contributed by atoms with Crippen LogP contribution in [0.2, 0.25) is 0 Å². The number of aromatic nitrogens is 1. The Balaban J connectivity index is 1.59. The van der Waals surface area contributed by atoms with E-state index in [1.807, 2.05) is 11.3 Å². The summed E-state index contributed by atoms with van der Waals surface area (Å²) < 4.78 is 6.52. The van der Waals surface area contributed by atoms with Crippen LogP contribution >= 0.6 is 11.3 Å². The molecule has 1 nitrogen and oxygen atoms in total. The molecule has 0 fully saturated rings. The molecule has 0 radical (unpaired) electrons. The van der Waals surface area contributed by atoms with Gasteiger partial charge in [0.1, 0.15) is 0 Å². The molecule has 0 N–H and O–H groups in total. The zero-order valence-corrected chi connectivity index (χ0v) is 17.5. The number of thiazole rings is 1. The van der Waals surface area contributed by atoms with Crippen molar-refractivity contribution in [2.24, 2.45) is 7.05 Å². The van der Waals surface area contributed by atoms with E-state index >= 15 is 0 Å². The van der Waals surface area contributed by atoms with Crippen molar-refractivity contribution in [3.05, 3.63) is 101 Å². The number of aryl methyl sites for hydroxylation is 1. The molecule has 4 aromatic rings. The van der Waals surface area contributed by atoms with Gasteiger partial charge < -0.3 is 0 Å². The van der Waals surface area contributed by atoms with Gasteiger partial charge in [0.25, 0.3) is 0 Å². The fraction of sp³-hybridized carbons (Fsp3) is 0.0417. The summed E-state index contributed by atoms with van der Waals surface area (Å²) in [6, 6.07) is 26.2. The molecule has 2 heterocycles. The first-order valence-corrected chi connectivity index (χ1v) is 11.5. The van der Waals surface area contributed by atoms with Crippen LogP contribution in [0.4, 0.5) is 0 Å². The number of para-hydroxylation sites is 1. The van der Waals surface area contributed by atoms with E-state index in [0.29, 0.717) is 15.0 Å². The van der Waals surface area contributed by atoms with Crippen molar-refractivity contribution in [1.82, 2.24) is 0 Å². The fourth-order valence-electron chi connectivity index (χ4n) is 3.49. The van der Waals surface area contributed by atoms with E-state index in [2.05, 4.69) is 103 Å². The molecule has 1 aromatic heterocycles. The van der Waals surface area contributed by atoms with Gasteiger partial charge >= 0.3 is 170 Å². The number of nitrogens with zero attached hydrogens (tertiary/aromatic N) is 1. The number of benzene rings is 3. The topological polar surface area (TPSA) is 3.88 Å². The number of allylic oxidation sites excluding steroid dienone is 2. The summed E-state index contributed by atoms with van der Waals surface area (Å²) in [6.45, 7) is 0. The summed E-state index contributed by atoms with van der Waals surface area (Å²) in [5.74, 6) is 0. The first-order valence-electron chi connectivity index (χ1n) is 8.94. The van der Waals surface area contributed by atoms with Gasteiger partial charge in [0, 0.05) is 0 Å². The molecule has 130 valence electrons. The van der Waals surface area contributed by atoms with E-state index < -0.39 is 0 Å². The molecule has 0 spiro atoms. The maximum atomic E-state index is 2.28. The minimum atomic E-state index is 0.381. The zero-order chi connectivity index (χ0) is 18.2. The molecule has 0 amide bonds. The second kappa shape index (κ2) is 6.94. The Hall–Kier alpha value is -2.45. The third-order valence-electron chi connectivity index (χ3n) is 4.85. The third kappa shape index (κ3) is 2.98. The molecule has 0 aliphatic carbocycles. The van der Waals surface area contributed by atoms with Crippen LogP contribution in [0, 0.1) is 0 Å². The molecule has 0 atom stereocenters. The Morgan fingerprint density at radius 3 is 2.15 bits per heavy atom. The van der Waals surface area contributed by atoms with Crippen LogP contribution in [0.1, 0.15) is 16.1 Å². The van der Waals surface area contributed by atoms with Crippen LogP contribution in [0.25, 0.3) is 21.9 Å². The van der Waals surface area contributed by atoms with Gasteiger partial charge in [-0.2, -0.15) is 0 Å². The molecule has 0 unspecified atom stereocenters. The summed E-state index contributed by atoms with van der Waals surface area (Å²) in [4.78, 5) is 0. The van der Waals surface area contributed by atoms with E-state index in [0.717, 1.165) is 0 Å². The third-order valence-corrected chi connectivity index (χ3v) is 8.45. The van der Waals surface area contributed by atoms with Crippen LogP contribution < -0.4 is 13.5 Å². The van der Waals surface area contributed by atoms with E-state index in [1.165, 1.54) is 40.8 Å². The van der Waals surface area contributed by atoms with Crippen molar-refractivity contribution < 1.29 is 4.57 Å². The number of fused-ring (bicyclic) bond motifs is 3. The summed E-state index contributed by atoms with van der Waals surface area (Å²) in [5.41, 5.74) is 5.36. The summed E-state index contributed by atoms with van der Waals surface area (Å²) >= 11 is 2.21. The molecule has 1 aliphatic rings. The van der Waals surface area contributed by atoms with Crippen LogP contribution in [-0.2, 0) is 7.05 Å². The molecule has 3 heteroatoms. The number of rotatable bonds is 2. The van der Waals surface area contributed by atoms with Gasteiger partial charge in [-0.3, -0.25) is 0 Å². The Morgan fingerprint density at radius 2 is 1.44 bits per heavy atom. The summed E-state index contributed by atoms with van der Waals surface area (Å²) in [5, 5.41) is 1.26. The number of hydrogen-bond acceptors (Lipinski definition) is 1. The van der Waals surface area contributed by atoms with Crippen molar-refractivity contribution in [3.8, 4) is 0 Å². The Bertz CT molecular complexity index is 1170. The van der Waals surface area contributed by atoms with Gasteiger partial charge in [-0.25, -0.2) is 0 Å². The van der Waals surface area contributed by atoms with Crippen molar-refractivity contribution in [2.75, 3.05) is 0 Å².